The summed E-state index contributed by atoms with van der Waals surface area (Å²) in [6.45, 7) is 3.81. The molecule has 6 nitrogen and oxygen atoms in total. The van der Waals surface area contributed by atoms with Gasteiger partial charge in [-0.05, 0) is 38.1 Å². The van der Waals surface area contributed by atoms with Crippen molar-refractivity contribution < 1.29 is 9.53 Å². The molecule has 0 amide bonds. The number of carbonyl (C=O) groups is 1. The van der Waals surface area contributed by atoms with Crippen molar-refractivity contribution in [3.05, 3.63) is 46.7 Å². The zero-order valence-corrected chi connectivity index (χ0v) is 12.8. The highest BCUT2D eigenvalue weighted by Crippen LogP contribution is 2.19. The number of esters is 1. The Kier molecular flexibility index (Phi) is 3.77. The third-order valence-corrected chi connectivity index (χ3v) is 3.37. The van der Waals surface area contributed by atoms with Gasteiger partial charge in [-0.25, -0.2) is 14.3 Å². The van der Waals surface area contributed by atoms with Gasteiger partial charge >= 0.3 is 5.97 Å². The summed E-state index contributed by atoms with van der Waals surface area (Å²) in [5.74, 6) is 0.526. The Morgan fingerprint density at radius 2 is 2.00 bits per heavy atom. The molecule has 0 unspecified atom stereocenters. The van der Waals surface area contributed by atoms with Gasteiger partial charge in [0.2, 0.25) is 0 Å². The predicted molar refractivity (Wildman–Crippen MR) is 81.9 cm³/mol. The van der Waals surface area contributed by atoms with Gasteiger partial charge in [-0.3, -0.25) is 0 Å². The van der Waals surface area contributed by atoms with Crippen LogP contribution < -0.4 is 0 Å². The molecule has 0 N–H and O–H groups in total. The summed E-state index contributed by atoms with van der Waals surface area (Å²) >= 11 is 5.87. The number of halogens is 1. The second kappa shape index (κ2) is 5.73. The first-order valence-electron chi connectivity index (χ1n) is 6.75. The first-order valence-corrected chi connectivity index (χ1v) is 7.13. The number of carbonyl (C=O) groups excluding carboxylic acids is 1. The minimum absolute atomic E-state index is 0.309. The van der Waals surface area contributed by atoms with E-state index in [0.717, 1.165) is 5.56 Å². The van der Waals surface area contributed by atoms with Crippen molar-refractivity contribution in [3.8, 4) is 11.4 Å². The van der Waals surface area contributed by atoms with Gasteiger partial charge in [0, 0.05) is 16.8 Å². The van der Waals surface area contributed by atoms with Crippen molar-refractivity contribution in [2.24, 2.45) is 0 Å². The first kappa shape index (κ1) is 14.5. The predicted octanol–water partition coefficient (Wildman–Crippen LogP) is 2.93. The second-order valence-electron chi connectivity index (χ2n) is 4.65. The smallest absolute Gasteiger partial charge is 0.341 e. The second-order valence-corrected chi connectivity index (χ2v) is 5.08. The lowest BCUT2D eigenvalue weighted by atomic mass is 10.2. The van der Waals surface area contributed by atoms with Crippen molar-refractivity contribution >= 4 is 23.3 Å². The van der Waals surface area contributed by atoms with Gasteiger partial charge < -0.3 is 4.74 Å². The van der Waals surface area contributed by atoms with Crippen molar-refractivity contribution in [2.45, 2.75) is 13.8 Å². The fourth-order valence-electron chi connectivity index (χ4n) is 2.03. The molecule has 112 valence electrons. The molecule has 0 aliphatic heterocycles. The minimum Gasteiger partial charge on any atom is -0.462 e. The summed E-state index contributed by atoms with van der Waals surface area (Å²) < 4.78 is 6.48. The highest BCUT2D eigenvalue weighted by molar-refractivity contribution is 6.30. The van der Waals surface area contributed by atoms with Crippen LogP contribution in [0.15, 0.2) is 30.5 Å². The van der Waals surface area contributed by atoms with Crippen LogP contribution in [0.25, 0.3) is 17.2 Å². The van der Waals surface area contributed by atoms with E-state index in [1.165, 1.54) is 4.52 Å². The molecular weight excluding hydrogens is 304 g/mol. The van der Waals surface area contributed by atoms with Gasteiger partial charge in [-0.1, -0.05) is 11.6 Å². The lowest BCUT2D eigenvalue weighted by molar-refractivity contribution is 0.0524. The van der Waals surface area contributed by atoms with E-state index in [1.54, 1.807) is 32.2 Å². The zero-order valence-electron chi connectivity index (χ0n) is 12.1. The number of hydrogen-bond acceptors (Lipinski definition) is 5. The lowest BCUT2D eigenvalue weighted by Gasteiger charge is -2.04. The van der Waals surface area contributed by atoms with Crippen molar-refractivity contribution in [3.63, 3.8) is 0 Å². The maximum Gasteiger partial charge on any atom is 0.341 e. The molecule has 0 fully saturated rings. The quantitative estimate of drug-likeness (QED) is 0.695. The fraction of sp³-hybridized carbons (Fsp3) is 0.200. The molecule has 0 aliphatic rings. The van der Waals surface area contributed by atoms with E-state index >= 15 is 0 Å². The van der Waals surface area contributed by atoms with Crippen LogP contribution in [0, 0.1) is 6.92 Å². The lowest BCUT2D eigenvalue weighted by Crippen LogP contribution is -2.10. The Balaban J connectivity index is 2.06. The number of ether oxygens (including phenoxy) is 1. The molecule has 3 rings (SSSR count). The SMILES string of the molecule is CCOC(=O)c1cn2nc(-c3ccc(Cl)cc3)nc2nc1C. The Labute approximate surface area is 131 Å². The molecule has 0 aliphatic carbocycles. The Morgan fingerprint density at radius 1 is 1.27 bits per heavy atom. The van der Waals surface area contributed by atoms with E-state index in [0.29, 0.717) is 34.5 Å². The molecule has 1 aromatic carbocycles. The molecule has 2 aromatic heterocycles. The maximum absolute atomic E-state index is 11.9. The Morgan fingerprint density at radius 3 is 2.68 bits per heavy atom. The summed E-state index contributed by atoms with van der Waals surface area (Å²) in [4.78, 5) is 20.6. The molecule has 0 saturated carbocycles. The molecule has 0 spiro atoms. The summed E-state index contributed by atoms with van der Waals surface area (Å²) in [7, 11) is 0. The average molecular weight is 317 g/mol. The standard InChI is InChI=1S/C15H13ClN4O2/c1-3-22-14(21)12-8-20-15(17-9(12)2)18-13(19-20)10-4-6-11(16)7-5-10/h4-8H,3H2,1-2H3. The average Bonchev–Trinajstić information content (AvgIpc) is 2.90. The molecule has 22 heavy (non-hydrogen) atoms. The molecule has 2 heterocycles. The number of aryl methyl sites for hydroxylation is 1. The minimum atomic E-state index is -0.419. The summed E-state index contributed by atoms with van der Waals surface area (Å²) in [5, 5.41) is 4.99. The largest absolute Gasteiger partial charge is 0.462 e. The summed E-state index contributed by atoms with van der Waals surface area (Å²) in [6.07, 6.45) is 1.59. The van der Waals surface area contributed by atoms with E-state index in [4.69, 9.17) is 16.3 Å². The van der Waals surface area contributed by atoms with Crippen LogP contribution in [-0.4, -0.2) is 32.2 Å². The molecular formula is C15H13ClN4O2. The van der Waals surface area contributed by atoms with E-state index < -0.39 is 5.97 Å². The van der Waals surface area contributed by atoms with Crippen LogP contribution in [-0.2, 0) is 4.74 Å². The summed E-state index contributed by atoms with van der Waals surface area (Å²) in [5.41, 5.74) is 1.76. The fourth-order valence-corrected chi connectivity index (χ4v) is 2.16. The van der Waals surface area contributed by atoms with Crippen molar-refractivity contribution in [1.29, 1.82) is 0 Å². The van der Waals surface area contributed by atoms with Crippen molar-refractivity contribution in [2.75, 3.05) is 6.61 Å². The van der Waals surface area contributed by atoms with E-state index in [2.05, 4.69) is 15.1 Å². The van der Waals surface area contributed by atoms with Gasteiger partial charge in [0.25, 0.3) is 5.78 Å². The Bertz CT molecular complexity index is 843. The third-order valence-electron chi connectivity index (χ3n) is 3.12. The molecule has 3 aromatic rings. The maximum atomic E-state index is 11.9. The van der Waals surface area contributed by atoms with Gasteiger partial charge in [-0.15, -0.1) is 5.10 Å². The molecule has 0 radical (unpaired) electrons. The highest BCUT2D eigenvalue weighted by atomic mass is 35.5. The van der Waals surface area contributed by atoms with Gasteiger partial charge in [0.1, 0.15) is 0 Å². The normalized spacial score (nSPS) is 10.9. The molecule has 0 saturated heterocycles. The van der Waals surface area contributed by atoms with Crippen LogP contribution in [0.2, 0.25) is 5.02 Å². The third kappa shape index (κ3) is 2.65. The van der Waals surface area contributed by atoms with Gasteiger partial charge in [0.15, 0.2) is 5.82 Å². The summed E-state index contributed by atoms with van der Waals surface area (Å²) in [6, 6.07) is 7.20. The zero-order chi connectivity index (χ0) is 15.7. The van der Waals surface area contributed by atoms with E-state index in [9.17, 15) is 4.79 Å². The number of nitrogens with zero attached hydrogens (tertiary/aromatic N) is 4. The molecule has 0 bridgehead atoms. The molecule has 0 atom stereocenters. The van der Waals surface area contributed by atoms with E-state index in [-0.39, 0.29) is 0 Å². The number of fused-ring (bicyclic) bond motifs is 1. The highest BCUT2D eigenvalue weighted by Gasteiger charge is 2.15. The number of rotatable bonds is 3. The topological polar surface area (TPSA) is 69.4 Å². The van der Waals surface area contributed by atoms with Crippen LogP contribution >= 0.6 is 11.6 Å². The number of aromatic nitrogens is 4. The first-order chi connectivity index (χ1) is 10.6. The van der Waals surface area contributed by atoms with Crippen LogP contribution in [0.4, 0.5) is 0 Å². The van der Waals surface area contributed by atoms with Crippen LogP contribution in [0.5, 0.6) is 0 Å². The van der Waals surface area contributed by atoms with Gasteiger partial charge in [0.05, 0.1) is 17.9 Å². The van der Waals surface area contributed by atoms with E-state index in [1.807, 2.05) is 12.1 Å². The van der Waals surface area contributed by atoms with Crippen molar-refractivity contribution in [1.82, 2.24) is 19.6 Å². The number of hydrogen-bond donors (Lipinski definition) is 0. The van der Waals surface area contributed by atoms with Crippen LogP contribution in [0.1, 0.15) is 23.0 Å². The monoisotopic (exact) mass is 316 g/mol. The van der Waals surface area contributed by atoms with Crippen LogP contribution in [0.3, 0.4) is 0 Å². The Hall–Kier alpha value is -2.47. The molecule has 7 heteroatoms. The number of benzene rings is 1. The van der Waals surface area contributed by atoms with Gasteiger partial charge in [-0.2, -0.15) is 4.98 Å².